The summed E-state index contributed by atoms with van der Waals surface area (Å²) in [6.45, 7) is 4.92. The van der Waals surface area contributed by atoms with Crippen LogP contribution >= 0.6 is 35.6 Å². The number of aryl methyl sites for hydroxylation is 2. The van der Waals surface area contributed by atoms with Gasteiger partial charge < -0.3 is 10.6 Å². The molecular weight excluding hydrogens is 344 g/mol. The van der Waals surface area contributed by atoms with E-state index in [4.69, 9.17) is 23.8 Å². The highest BCUT2D eigenvalue weighted by molar-refractivity contribution is 7.98. The predicted octanol–water partition coefficient (Wildman–Crippen LogP) is 5.18. The molecule has 2 nitrogen and oxygen atoms in total. The van der Waals surface area contributed by atoms with Crippen molar-refractivity contribution in [2.24, 2.45) is 0 Å². The van der Waals surface area contributed by atoms with Gasteiger partial charge in [0.2, 0.25) is 0 Å². The number of benzene rings is 2. The predicted molar refractivity (Wildman–Crippen MR) is 108 cm³/mol. The van der Waals surface area contributed by atoms with Crippen LogP contribution in [0.3, 0.4) is 0 Å². The first-order chi connectivity index (χ1) is 11.0. The van der Waals surface area contributed by atoms with Crippen LogP contribution in [0.25, 0.3) is 0 Å². The van der Waals surface area contributed by atoms with Crippen LogP contribution in [0, 0.1) is 13.8 Å². The van der Waals surface area contributed by atoms with Crippen LogP contribution in [0.5, 0.6) is 0 Å². The second-order valence-electron chi connectivity index (χ2n) is 5.38. The molecule has 0 fully saturated rings. The molecule has 0 spiro atoms. The van der Waals surface area contributed by atoms with E-state index in [1.165, 1.54) is 11.1 Å². The number of hydrogen-bond acceptors (Lipinski definition) is 2. The van der Waals surface area contributed by atoms with Crippen molar-refractivity contribution in [1.82, 2.24) is 5.32 Å². The van der Waals surface area contributed by atoms with Gasteiger partial charge in [0.25, 0.3) is 0 Å². The summed E-state index contributed by atoms with van der Waals surface area (Å²) < 4.78 is 0. The Labute approximate surface area is 153 Å². The van der Waals surface area contributed by atoms with Crippen molar-refractivity contribution in [1.29, 1.82) is 0 Å². The molecule has 2 rings (SSSR count). The fourth-order valence-electron chi connectivity index (χ4n) is 1.96. The zero-order chi connectivity index (χ0) is 16.7. The molecule has 0 aromatic heterocycles. The highest BCUT2D eigenvalue weighted by Crippen LogP contribution is 2.19. The average molecular weight is 365 g/mol. The molecule has 0 unspecified atom stereocenters. The first-order valence-electron chi connectivity index (χ1n) is 7.49. The number of thioether (sulfide) groups is 1. The highest BCUT2D eigenvalue weighted by atomic mass is 35.5. The molecular formula is C18H21ClN2S2. The van der Waals surface area contributed by atoms with Gasteiger partial charge in [-0.05, 0) is 49.3 Å². The molecule has 2 aromatic carbocycles. The first-order valence-corrected chi connectivity index (χ1v) is 9.43. The van der Waals surface area contributed by atoms with Crippen LogP contribution in [0.1, 0.15) is 16.7 Å². The lowest BCUT2D eigenvalue weighted by Crippen LogP contribution is -2.30. The Hall–Kier alpha value is -1.23. The standard InChI is InChI=1S/C18H21ClN2S2/c1-13-3-6-15(7-4-13)12-23-10-9-20-18(22)21-16-8-5-14(2)17(19)11-16/h3-8,11H,9-10,12H2,1-2H3,(H2,20,21,22). The van der Waals surface area contributed by atoms with Gasteiger partial charge in [-0.3, -0.25) is 0 Å². The van der Waals surface area contributed by atoms with Crippen molar-refractivity contribution < 1.29 is 0 Å². The van der Waals surface area contributed by atoms with Gasteiger partial charge in [-0.2, -0.15) is 11.8 Å². The molecule has 0 heterocycles. The number of hydrogen-bond donors (Lipinski definition) is 2. The minimum Gasteiger partial charge on any atom is -0.362 e. The third kappa shape index (κ3) is 6.42. The molecule has 0 aliphatic rings. The quantitative estimate of drug-likeness (QED) is 0.545. The second-order valence-corrected chi connectivity index (χ2v) is 7.30. The zero-order valence-electron chi connectivity index (χ0n) is 13.4. The van der Waals surface area contributed by atoms with Crippen molar-refractivity contribution in [3.8, 4) is 0 Å². The Morgan fingerprint density at radius 3 is 2.57 bits per heavy atom. The van der Waals surface area contributed by atoms with Gasteiger partial charge in [0.15, 0.2) is 5.11 Å². The van der Waals surface area contributed by atoms with E-state index in [1.54, 1.807) is 0 Å². The molecule has 122 valence electrons. The van der Waals surface area contributed by atoms with E-state index in [2.05, 4.69) is 41.8 Å². The minimum absolute atomic E-state index is 0.626. The summed E-state index contributed by atoms with van der Waals surface area (Å²) in [4.78, 5) is 0. The van der Waals surface area contributed by atoms with Crippen LogP contribution in [-0.4, -0.2) is 17.4 Å². The van der Waals surface area contributed by atoms with Gasteiger partial charge >= 0.3 is 0 Å². The molecule has 0 bridgehead atoms. The van der Waals surface area contributed by atoms with Crippen LogP contribution in [0.2, 0.25) is 5.02 Å². The number of thiocarbonyl (C=S) groups is 1. The first kappa shape index (κ1) is 18.1. The molecule has 23 heavy (non-hydrogen) atoms. The van der Waals surface area contributed by atoms with Crippen molar-refractivity contribution in [2.45, 2.75) is 19.6 Å². The number of nitrogens with one attached hydrogen (secondary N) is 2. The minimum atomic E-state index is 0.626. The lowest BCUT2D eigenvalue weighted by Gasteiger charge is -2.11. The van der Waals surface area contributed by atoms with Crippen LogP contribution in [0.15, 0.2) is 42.5 Å². The fraction of sp³-hybridized carbons (Fsp3) is 0.278. The maximum atomic E-state index is 6.10. The molecule has 0 amide bonds. The van der Waals surface area contributed by atoms with E-state index in [9.17, 15) is 0 Å². The van der Waals surface area contributed by atoms with Gasteiger partial charge in [0.1, 0.15) is 0 Å². The highest BCUT2D eigenvalue weighted by Gasteiger charge is 2.00. The molecule has 5 heteroatoms. The summed E-state index contributed by atoms with van der Waals surface area (Å²) in [5.41, 5.74) is 4.62. The van der Waals surface area contributed by atoms with E-state index in [-0.39, 0.29) is 0 Å². The summed E-state index contributed by atoms with van der Waals surface area (Å²) in [5, 5.41) is 7.74. The van der Waals surface area contributed by atoms with E-state index < -0.39 is 0 Å². The average Bonchev–Trinajstić information content (AvgIpc) is 2.52. The number of rotatable bonds is 6. The summed E-state index contributed by atoms with van der Waals surface area (Å²) in [6, 6.07) is 14.5. The molecule has 0 saturated carbocycles. The lowest BCUT2D eigenvalue weighted by molar-refractivity contribution is 0.990. The van der Waals surface area contributed by atoms with Crippen LogP contribution in [0.4, 0.5) is 5.69 Å². The maximum absolute atomic E-state index is 6.10. The van der Waals surface area contributed by atoms with E-state index in [0.717, 1.165) is 34.3 Å². The zero-order valence-corrected chi connectivity index (χ0v) is 15.7. The van der Waals surface area contributed by atoms with E-state index in [1.807, 2.05) is 36.9 Å². The van der Waals surface area contributed by atoms with E-state index in [0.29, 0.717) is 5.11 Å². The molecule has 0 atom stereocenters. The molecule has 0 saturated heterocycles. The van der Waals surface area contributed by atoms with Crippen molar-refractivity contribution in [3.05, 3.63) is 64.2 Å². The van der Waals surface area contributed by atoms with Crippen molar-refractivity contribution >= 4 is 46.4 Å². The summed E-state index contributed by atoms with van der Waals surface area (Å²) in [5.74, 6) is 2.03. The normalized spacial score (nSPS) is 10.4. The molecule has 2 N–H and O–H groups in total. The SMILES string of the molecule is Cc1ccc(CSCCNC(=S)Nc2ccc(C)c(Cl)c2)cc1. The summed E-state index contributed by atoms with van der Waals surface area (Å²) >= 11 is 13.3. The molecule has 0 aliphatic carbocycles. The molecule has 0 aliphatic heterocycles. The fourth-order valence-corrected chi connectivity index (χ4v) is 3.18. The topological polar surface area (TPSA) is 24.1 Å². The Balaban J connectivity index is 1.64. The third-order valence-corrected chi connectivity index (χ3v) is 5.03. The lowest BCUT2D eigenvalue weighted by atomic mass is 10.2. The number of halogens is 1. The molecule has 0 radical (unpaired) electrons. The van der Waals surface area contributed by atoms with Gasteiger partial charge in [-0.25, -0.2) is 0 Å². The van der Waals surface area contributed by atoms with Gasteiger partial charge in [0.05, 0.1) is 0 Å². The van der Waals surface area contributed by atoms with Gasteiger partial charge in [-0.1, -0.05) is 47.5 Å². The van der Waals surface area contributed by atoms with Crippen LogP contribution in [-0.2, 0) is 5.75 Å². The Bertz CT molecular complexity index is 657. The maximum Gasteiger partial charge on any atom is 0.170 e. The summed E-state index contributed by atoms with van der Waals surface area (Å²) in [7, 11) is 0. The second kappa shape index (κ2) is 9.16. The van der Waals surface area contributed by atoms with Gasteiger partial charge in [0, 0.05) is 28.8 Å². The number of anilines is 1. The Morgan fingerprint density at radius 1 is 1.13 bits per heavy atom. The Kier molecular flexibility index (Phi) is 7.21. The molecule has 2 aromatic rings. The van der Waals surface area contributed by atoms with Crippen LogP contribution < -0.4 is 10.6 Å². The van der Waals surface area contributed by atoms with Gasteiger partial charge in [-0.15, -0.1) is 0 Å². The smallest absolute Gasteiger partial charge is 0.170 e. The third-order valence-electron chi connectivity index (χ3n) is 3.35. The Morgan fingerprint density at radius 2 is 1.87 bits per heavy atom. The van der Waals surface area contributed by atoms with Crippen molar-refractivity contribution in [2.75, 3.05) is 17.6 Å². The largest absolute Gasteiger partial charge is 0.362 e. The van der Waals surface area contributed by atoms with E-state index >= 15 is 0 Å². The monoisotopic (exact) mass is 364 g/mol. The van der Waals surface area contributed by atoms with Crippen molar-refractivity contribution in [3.63, 3.8) is 0 Å². The summed E-state index contributed by atoms with van der Waals surface area (Å²) in [6.07, 6.45) is 0.